The highest BCUT2D eigenvalue weighted by Crippen LogP contribution is 2.39. The van der Waals surface area contributed by atoms with Crippen LogP contribution in [0.4, 0.5) is 0 Å². The van der Waals surface area contributed by atoms with E-state index in [9.17, 15) is 9.59 Å². The Balaban J connectivity index is 2.00. The number of carbonyl (C=O) groups is 2. The van der Waals surface area contributed by atoms with Crippen LogP contribution in [0.1, 0.15) is 45.4 Å². The second-order valence-corrected chi connectivity index (χ2v) is 5.88. The minimum atomic E-state index is -0.183. The van der Waals surface area contributed by atoms with E-state index in [0.29, 0.717) is 6.54 Å². The average Bonchev–Trinajstić information content (AvgIpc) is 2.85. The largest absolute Gasteiger partial charge is 0.469 e. The van der Waals surface area contributed by atoms with Crippen LogP contribution in [-0.4, -0.2) is 37.0 Å². The molecule has 0 radical (unpaired) electrons. The van der Waals surface area contributed by atoms with E-state index in [1.165, 1.54) is 7.11 Å². The molecular formula is C14H23NO3. The molecule has 1 aliphatic heterocycles. The first-order valence-electron chi connectivity index (χ1n) is 6.94. The van der Waals surface area contributed by atoms with Crippen molar-refractivity contribution in [3.63, 3.8) is 0 Å². The van der Waals surface area contributed by atoms with Gasteiger partial charge in [0, 0.05) is 18.5 Å². The van der Waals surface area contributed by atoms with Crippen molar-refractivity contribution >= 4 is 11.9 Å². The van der Waals surface area contributed by atoms with Crippen molar-refractivity contribution in [2.24, 2.45) is 11.3 Å². The number of methoxy groups -OCH3 is 1. The molecule has 1 heterocycles. The van der Waals surface area contributed by atoms with Gasteiger partial charge in [-0.3, -0.25) is 9.59 Å². The van der Waals surface area contributed by atoms with Crippen LogP contribution in [-0.2, 0) is 14.3 Å². The summed E-state index contributed by atoms with van der Waals surface area (Å²) in [5.74, 6) is -0.0598. The van der Waals surface area contributed by atoms with Crippen molar-refractivity contribution in [2.45, 2.75) is 45.4 Å². The summed E-state index contributed by atoms with van der Waals surface area (Å²) >= 11 is 0. The van der Waals surface area contributed by atoms with E-state index in [2.05, 4.69) is 6.92 Å². The fourth-order valence-electron chi connectivity index (χ4n) is 3.27. The molecule has 2 fully saturated rings. The SMILES string of the molecule is COC(=O)C1CCCN(C(=O)C2(C)CCCC2)C1. The third kappa shape index (κ3) is 2.52. The Labute approximate surface area is 109 Å². The van der Waals surface area contributed by atoms with Crippen LogP contribution >= 0.6 is 0 Å². The molecule has 0 aromatic heterocycles. The zero-order valence-electron chi connectivity index (χ0n) is 11.4. The minimum absolute atomic E-state index is 0.127. The molecule has 2 rings (SSSR count). The number of rotatable bonds is 2. The molecule has 1 unspecified atom stereocenters. The molecule has 1 aliphatic carbocycles. The number of nitrogens with zero attached hydrogens (tertiary/aromatic N) is 1. The van der Waals surface area contributed by atoms with E-state index >= 15 is 0 Å². The van der Waals surface area contributed by atoms with Crippen molar-refractivity contribution < 1.29 is 14.3 Å². The lowest BCUT2D eigenvalue weighted by molar-refractivity contribution is -0.151. The predicted molar refractivity (Wildman–Crippen MR) is 67.9 cm³/mol. The fourth-order valence-corrected chi connectivity index (χ4v) is 3.27. The zero-order chi connectivity index (χ0) is 13.2. The van der Waals surface area contributed by atoms with Gasteiger partial charge in [0.15, 0.2) is 0 Å². The number of hydrogen-bond acceptors (Lipinski definition) is 3. The second kappa shape index (κ2) is 5.29. The molecule has 1 atom stereocenters. The standard InChI is InChI=1S/C14H23NO3/c1-14(7-3-4-8-14)13(17)15-9-5-6-11(10-15)12(16)18-2/h11H,3-10H2,1-2H3. The van der Waals surface area contributed by atoms with Crippen molar-refractivity contribution in [1.29, 1.82) is 0 Å². The Morgan fingerprint density at radius 1 is 1.22 bits per heavy atom. The second-order valence-electron chi connectivity index (χ2n) is 5.88. The molecule has 102 valence electrons. The van der Waals surface area contributed by atoms with E-state index in [0.717, 1.165) is 45.1 Å². The van der Waals surface area contributed by atoms with E-state index in [1.54, 1.807) is 0 Å². The maximum Gasteiger partial charge on any atom is 0.310 e. The number of carbonyl (C=O) groups excluding carboxylic acids is 2. The third-order valence-corrected chi connectivity index (χ3v) is 4.47. The maximum absolute atomic E-state index is 12.6. The van der Waals surface area contributed by atoms with E-state index in [4.69, 9.17) is 4.74 Å². The summed E-state index contributed by atoms with van der Waals surface area (Å²) in [7, 11) is 1.42. The zero-order valence-corrected chi connectivity index (χ0v) is 11.4. The number of piperidine rings is 1. The number of amides is 1. The van der Waals surface area contributed by atoms with Crippen molar-refractivity contribution in [3.8, 4) is 0 Å². The van der Waals surface area contributed by atoms with Crippen LogP contribution in [0.5, 0.6) is 0 Å². The average molecular weight is 253 g/mol. The monoisotopic (exact) mass is 253 g/mol. The Hall–Kier alpha value is -1.06. The molecule has 0 bridgehead atoms. The number of likely N-dealkylation sites (tertiary alicyclic amines) is 1. The number of esters is 1. The first kappa shape index (κ1) is 13.4. The molecule has 1 amide bonds. The van der Waals surface area contributed by atoms with Gasteiger partial charge in [-0.2, -0.15) is 0 Å². The summed E-state index contributed by atoms with van der Waals surface area (Å²) in [6.45, 7) is 3.41. The maximum atomic E-state index is 12.6. The first-order valence-corrected chi connectivity index (χ1v) is 6.94. The van der Waals surface area contributed by atoms with Crippen molar-refractivity contribution in [3.05, 3.63) is 0 Å². The van der Waals surface area contributed by atoms with Gasteiger partial charge in [0.1, 0.15) is 0 Å². The van der Waals surface area contributed by atoms with Crippen LogP contribution in [0.2, 0.25) is 0 Å². The van der Waals surface area contributed by atoms with E-state index in [-0.39, 0.29) is 23.2 Å². The Morgan fingerprint density at radius 3 is 2.50 bits per heavy atom. The third-order valence-electron chi connectivity index (χ3n) is 4.47. The van der Waals surface area contributed by atoms with Crippen molar-refractivity contribution in [2.75, 3.05) is 20.2 Å². The highest BCUT2D eigenvalue weighted by atomic mass is 16.5. The molecule has 1 saturated carbocycles. The van der Waals surface area contributed by atoms with Gasteiger partial charge in [-0.25, -0.2) is 0 Å². The summed E-state index contributed by atoms with van der Waals surface area (Å²) in [6.07, 6.45) is 6.03. The van der Waals surface area contributed by atoms with Gasteiger partial charge in [-0.1, -0.05) is 19.8 Å². The van der Waals surface area contributed by atoms with Crippen LogP contribution in [0, 0.1) is 11.3 Å². The summed E-state index contributed by atoms with van der Waals surface area (Å²) < 4.78 is 4.79. The molecule has 4 nitrogen and oxygen atoms in total. The first-order chi connectivity index (χ1) is 8.57. The summed E-state index contributed by atoms with van der Waals surface area (Å²) in [4.78, 5) is 26.0. The van der Waals surface area contributed by atoms with Gasteiger partial charge in [-0.15, -0.1) is 0 Å². The Morgan fingerprint density at radius 2 is 1.89 bits per heavy atom. The lowest BCUT2D eigenvalue weighted by atomic mass is 9.85. The Bertz CT molecular complexity index is 334. The van der Waals surface area contributed by atoms with Crippen LogP contribution in [0.3, 0.4) is 0 Å². The highest BCUT2D eigenvalue weighted by Gasteiger charge is 2.41. The predicted octanol–water partition coefficient (Wildman–Crippen LogP) is 1.98. The van der Waals surface area contributed by atoms with Gasteiger partial charge in [0.05, 0.1) is 13.0 Å². The van der Waals surface area contributed by atoms with Crippen LogP contribution in [0.15, 0.2) is 0 Å². The smallest absolute Gasteiger partial charge is 0.310 e. The molecule has 0 aromatic carbocycles. The number of ether oxygens (including phenoxy) is 1. The lowest BCUT2D eigenvalue weighted by Gasteiger charge is -2.36. The molecule has 2 aliphatic rings. The molecular weight excluding hydrogens is 230 g/mol. The molecule has 0 spiro atoms. The fraction of sp³-hybridized carbons (Fsp3) is 0.857. The summed E-state index contributed by atoms with van der Waals surface area (Å²) in [6, 6.07) is 0. The van der Waals surface area contributed by atoms with Gasteiger partial charge in [-0.05, 0) is 25.7 Å². The van der Waals surface area contributed by atoms with Crippen LogP contribution in [0.25, 0.3) is 0 Å². The molecule has 4 heteroatoms. The van der Waals surface area contributed by atoms with Crippen LogP contribution < -0.4 is 0 Å². The normalized spacial score (nSPS) is 27.0. The quantitative estimate of drug-likeness (QED) is 0.707. The van der Waals surface area contributed by atoms with Gasteiger partial charge < -0.3 is 9.64 Å². The molecule has 18 heavy (non-hydrogen) atoms. The van der Waals surface area contributed by atoms with E-state index < -0.39 is 0 Å². The van der Waals surface area contributed by atoms with E-state index in [1.807, 2.05) is 4.90 Å². The molecule has 1 saturated heterocycles. The highest BCUT2D eigenvalue weighted by molar-refractivity contribution is 5.83. The topological polar surface area (TPSA) is 46.6 Å². The van der Waals surface area contributed by atoms with Gasteiger partial charge in [0.2, 0.25) is 5.91 Å². The lowest BCUT2D eigenvalue weighted by Crippen LogP contribution is -2.47. The van der Waals surface area contributed by atoms with Gasteiger partial charge >= 0.3 is 5.97 Å². The van der Waals surface area contributed by atoms with Crippen molar-refractivity contribution in [1.82, 2.24) is 4.90 Å². The molecule has 0 N–H and O–H groups in total. The minimum Gasteiger partial charge on any atom is -0.469 e. The molecule has 0 aromatic rings. The van der Waals surface area contributed by atoms with Gasteiger partial charge in [0.25, 0.3) is 0 Å². The summed E-state index contributed by atoms with van der Waals surface area (Å²) in [5.41, 5.74) is -0.183. The number of hydrogen-bond donors (Lipinski definition) is 0. The summed E-state index contributed by atoms with van der Waals surface area (Å²) in [5, 5.41) is 0. The Kier molecular flexibility index (Phi) is 3.93.